The van der Waals surface area contributed by atoms with Crippen molar-refractivity contribution >= 4 is 11.8 Å². The zero-order chi connectivity index (χ0) is 17.7. The molecule has 0 radical (unpaired) electrons. The molecule has 7 heteroatoms. The van der Waals surface area contributed by atoms with Gasteiger partial charge in [0.25, 0.3) is 11.8 Å². The van der Waals surface area contributed by atoms with Crippen LogP contribution in [0.15, 0.2) is 42.5 Å². The molecule has 2 rings (SSSR count). The van der Waals surface area contributed by atoms with Crippen molar-refractivity contribution in [2.45, 2.75) is 20.0 Å². The van der Waals surface area contributed by atoms with Gasteiger partial charge in [-0.25, -0.2) is 8.78 Å². The van der Waals surface area contributed by atoms with Crippen molar-refractivity contribution in [3.8, 4) is 5.75 Å². The summed E-state index contributed by atoms with van der Waals surface area (Å²) in [6, 6.07) is 9.40. The van der Waals surface area contributed by atoms with Crippen molar-refractivity contribution in [2.24, 2.45) is 0 Å². The van der Waals surface area contributed by atoms with Crippen molar-refractivity contribution < 1.29 is 23.1 Å². The van der Waals surface area contributed by atoms with E-state index in [4.69, 9.17) is 4.74 Å². The molecule has 0 bridgehead atoms. The Hall–Kier alpha value is -2.96. The van der Waals surface area contributed by atoms with Crippen LogP contribution in [0.4, 0.5) is 8.78 Å². The van der Waals surface area contributed by atoms with Gasteiger partial charge >= 0.3 is 0 Å². The number of rotatable bonds is 4. The van der Waals surface area contributed by atoms with Crippen LogP contribution in [0, 0.1) is 18.6 Å². The highest BCUT2D eigenvalue weighted by atomic mass is 19.1. The van der Waals surface area contributed by atoms with Gasteiger partial charge < -0.3 is 4.74 Å². The molecule has 0 spiro atoms. The van der Waals surface area contributed by atoms with Crippen molar-refractivity contribution in [1.82, 2.24) is 10.9 Å². The van der Waals surface area contributed by atoms with E-state index in [0.717, 1.165) is 6.07 Å². The number of aryl methyl sites for hydroxylation is 1. The first-order valence-electron chi connectivity index (χ1n) is 7.16. The number of amides is 2. The molecule has 1 unspecified atom stereocenters. The number of ether oxygens (including phenoxy) is 1. The summed E-state index contributed by atoms with van der Waals surface area (Å²) < 4.78 is 31.9. The van der Waals surface area contributed by atoms with Gasteiger partial charge in [0.2, 0.25) is 0 Å². The van der Waals surface area contributed by atoms with Crippen LogP contribution in [0.2, 0.25) is 0 Å². The highest BCUT2D eigenvalue weighted by Gasteiger charge is 2.18. The molecule has 0 fully saturated rings. The van der Waals surface area contributed by atoms with Gasteiger partial charge in [-0.15, -0.1) is 0 Å². The molecule has 126 valence electrons. The minimum absolute atomic E-state index is 0.0764. The van der Waals surface area contributed by atoms with Crippen LogP contribution in [0.25, 0.3) is 0 Å². The Morgan fingerprint density at radius 3 is 2.50 bits per heavy atom. The Balaban J connectivity index is 1.93. The molecular formula is C17H16F2N2O3. The van der Waals surface area contributed by atoms with E-state index in [1.165, 1.54) is 37.3 Å². The minimum atomic E-state index is -1.05. The normalized spacial score (nSPS) is 11.5. The van der Waals surface area contributed by atoms with Crippen molar-refractivity contribution in [3.63, 3.8) is 0 Å². The molecule has 2 amide bonds. The van der Waals surface area contributed by atoms with Crippen molar-refractivity contribution in [1.29, 1.82) is 0 Å². The first kappa shape index (κ1) is 17.4. The van der Waals surface area contributed by atoms with Crippen LogP contribution in [0.5, 0.6) is 5.75 Å². The summed E-state index contributed by atoms with van der Waals surface area (Å²) >= 11 is 0. The van der Waals surface area contributed by atoms with E-state index in [-0.39, 0.29) is 11.3 Å². The number of carbonyl (C=O) groups is 2. The fourth-order valence-electron chi connectivity index (χ4n) is 1.91. The number of benzene rings is 2. The fourth-order valence-corrected chi connectivity index (χ4v) is 1.91. The van der Waals surface area contributed by atoms with Gasteiger partial charge in [-0.3, -0.25) is 20.4 Å². The summed E-state index contributed by atoms with van der Waals surface area (Å²) in [5, 5.41) is 0. The zero-order valence-corrected chi connectivity index (χ0v) is 13.1. The Morgan fingerprint density at radius 2 is 1.79 bits per heavy atom. The average molecular weight is 334 g/mol. The SMILES string of the molecule is Cc1ccc(F)cc1C(=O)NNC(=O)C(C)Oc1ccccc1F. The molecule has 2 aromatic carbocycles. The van der Waals surface area contributed by atoms with Crippen LogP contribution >= 0.6 is 0 Å². The quantitative estimate of drug-likeness (QED) is 0.844. The second-order valence-corrected chi connectivity index (χ2v) is 5.09. The maximum atomic E-state index is 13.5. The molecule has 0 aliphatic carbocycles. The van der Waals surface area contributed by atoms with Crippen molar-refractivity contribution in [3.05, 3.63) is 65.2 Å². The Kier molecular flexibility index (Phi) is 5.47. The lowest BCUT2D eigenvalue weighted by atomic mass is 10.1. The summed E-state index contributed by atoms with van der Waals surface area (Å²) in [7, 11) is 0. The van der Waals surface area contributed by atoms with E-state index in [2.05, 4.69) is 10.9 Å². The lowest BCUT2D eigenvalue weighted by molar-refractivity contribution is -0.128. The monoisotopic (exact) mass is 334 g/mol. The number of carbonyl (C=O) groups excluding carboxylic acids is 2. The predicted octanol–water partition coefficient (Wildman–Crippen LogP) is 2.50. The highest BCUT2D eigenvalue weighted by molar-refractivity contribution is 5.97. The minimum Gasteiger partial charge on any atom is -0.478 e. The predicted molar refractivity (Wildman–Crippen MR) is 83.2 cm³/mol. The molecule has 2 aromatic rings. The molecular weight excluding hydrogens is 318 g/mol. The van der Waals surface area contributed by atoms with Gasteiger partial charge in [-0.1, -0.05) is 18.2 Å². The lowest BCUT2D eigenvalue weighted by Crippen LogP contribution is -2.47. The number of halogens is 2. The molecule has 0 aromatic heterocycles. The topological polar surface area (TPSA) is 67.4 Å². The highest BCUT2D eigenvalue weighted by Crippen LogP contribution is 2.17. The standard InChI is InChI=1S/C17H16F2N2O3/c1-10-7-8-12(18)9-13(10)17(23)21-20-16(22)11(2)24-15-6-4-3-5-14(15)19/h3-9,11H,1-2H3,(H,20,22)(H,21,23). The molecule has 24 heavy (non-hydrogen) atoms. The molecule has 0 saturated carbocycles. The third kappa shape index (κ3) is 4.28. The molecule has 0 heterocycles. The Bertz CT molecular complexity index is 765. The number of hydrogen-bond acceptors (Lipinski definition) is 3. The van der Waals surface area contributed by atoms with E-state index in [9.17, 15) is 18.4 Å². The smallest absolute Gasteiger partial charge is 0.279 e. The van der Waals surface area contributed by atoms with Gasteiger partial charge in [0.05, 0.1) is 0 Å². The molecule has 2 N–H and O–H groups in total. The van der Waals surface area contributed by atoms with E-state index >= 15 is 0 Å². The van der Waals surface area contributed by atoms with Crippen LogP contribution in [-0.4, -0.2) is 17.9 Å². The number of nitrogens with one attached hydrogen (secondary N) is 2. The summed E-state index contributed by atoms with van der Waals surface area (Å²) in [6.45, 7) is 3.04. The van der Waals surface area contributed by atoms with Gasteiger partial charge in [-0.2, -0.15) is 0 Å². The van der Waals surface area contributed by atoms with E-state index in [0.29, 0.717) is 5.56 Å². The summed E-state index contributed by atoms with van der Waals surface area (Å²) in [4.78, 5) is 23.9. The molecule has 0 aliphatic rings. The van der Waals surface area contributed by atoms with Crippen LogP contribution in [-0.2, 0) is 4.79 Å². The summed E-state index contributed by atoms with van der Waals surface area (Å²) in [6.07, 6.45) is -1.05. The zero-order valence-electron chi connectivity index (χ0n) is 13.1. The third-order valence-electron chi connectivity index (χ3n) is 3.25. The number of para-hydroxylation sites is 1. The van der Waals surface area contributed by atoms with Gasteiger partial charge in [-0.05, 0) is 43.7 Å². The van der Waals surface area contributed by atoms with Crippen LogP contribution < -0.4 is 15.6 Å². The van der Waals surface area contributed by atoms with Crippen molar-refractivity contribution in [2.75, 3.05) is 0 Å². The maximum Gasteiger partial charge on any atom is 0.279 e. The second-order valence-electron chi connectivity index (χ2n) is 5.09. The van der Waals surface area contributed by atoms with Gasteiger partial charge in [0.15, 0.2) is 17.7 Å². The third-order valence-corrected chi connectivity index (χ3v) is 3.25. The van der Waals surface area contributed by atoms with E-state index in [1.807, 2.05) is 0 Å². The Labute approximate surface area is 137 Å². The second kappa shape index (κ2) is 7.54. The summed E-state index contributed by atoms with van der Waals surface area (Å²) in [5.41, 5.74) is 4.98. The van der Waals surface area contributed by atoms with E-state index < -0.39 is 29.6 Å². The molecule has 0 saturated heterocycles. The number of hydrazine groups is 1. The maximum absolute atomic E-state index is 13.5. The largest absolute Gasteiger partial charge is 0.478 e. The molecule has 5 nitrogen and oxygen atoms in total. The molecule has 1 atom stereocenters. The Morgan fingerprint density at radius 1 is 1.08 bits per heavy atom. The fraction of sp³-hybridized carbons (Fsp3) is 0.176. The average Bonchev–Trinajstić information content (AvgIpc) is 2.56. The van der Waals surface area contributed by atoms with Gasteiger partial charge in [0, 0.05) is 5.56 Å². The van der Waals surface area contributed by atoms with Gasteiger partial charge in [0.1, 0.15) is 5.82 Å². The summed E-state index contributed by atoms with van der Waals surface area (Å²) in [5.74, 6) is -2.59. The molecule has 0 aliphatic heterocycles. The lowest BCUT2D eigenvalue weighted by Gasteiger charge is -2.15. The van der Waals surface area contributed by atoms with E-state index in [1.54, 1.807) is 13.0 Å². The van der Waals surface area contributed by atoms with Crippen LogP contribution in [0.3, 0.4) is 0 Å². The first-order chi connectivity index (χ1) is 11.4. The van der Waals surface area contributed by atoms with Crippen LogP contribution in [0.1, 0.15) is 22.8 Å². The number of hydrogen-bond donors (Lipinski definition) is 2. The first-order valence-corrected chi connectivity index (χ1v) is 7.16.